The summed E-state index contributed by atoms with van der Waals surface area (Å²) in [6.45, 7) is 3.78. The van der Waals surface area contributed by atoms with Gasteiger partial charge in [-0.2, -0.15) is 0 Å². The lowest BCUT2D eigenvalue weighted by atomic mass is 10.2. The first-order chi connectivity index (χ1) is 12.1. The number of allylic oxidation sites excluding steroid dienone is 1. The Bertz CT molecular complexity index is 881. The standard InChI is InChI=1S/C19H18N4OS/c1-13(2)11-18(24)21-15-3-5-16(6-4-15)22-19-23-17(12-25-19)14-7-9-20-10-8-14/h3-12H,1-2H3,(H,21,24)(H,22,23). The number of hydrogen-bond acceptors (Lipinski definition) is 5. The van der Waals surface area contributed by atoms with Crippen LogP contribution in [0.15, 0.2) is 65.8 Å². The molecule has 3 aromatic rings. The van der Waals surface area contributed by atoms with Crippen molar-refractivity contribution in [3.05, 3.63) is 65.8 Å². The largest absolute Gasteiger partial charge is 0.332 e. The highest BCUT2D eigenvalue weighted by molar-refractivity contribution is 7.14. The van der Waals surface area contributed by atoms with Gasteiger partial charge in [-0.1, -0.05) is 5.57 Å². The third-order valence-corrected chi connectivity index (χ3v) is 4.06. The quantitative estimate of drug-likeness (QED) is 0.645. The molecule has 5 nitrogen and oxygen atoms in total. The van der Waals surface area contributed by atoms with Crippen LogP contribution in [0.2, 0.25) is 0 Å². The van der Waals surface area contributed by atoms with E-state index in [4.69, 9.17) is 0 Å². The molecule has 0 unspecified atom stereocenters. The van der Waals surface area contributed by atoms with Gasteiger partial charge in [0.15, 0.2) is 5.13 Å². The fourth-order valence-corrected chi connectivity index (χ4v) is 2.93. The minimum absolute atomic E-state index is 0.123. The highest BCUT2D eigenvalue weighted by atomic mass is 32.1. The van der Waals surface area contributed by atoms with Crippen molar-refractivity contribution >= 4 is 33.8 Å². The summed E-state index contributed by atoms with van der Waals surface area (Å²) in [5, 5.41) is 8.92. The third kappa shape index (κ3) is 4.74. The molecule has 2 N–H and O–H groups in total. The van der Waals surface area contributed by atoms with Crippen LogP contribution in [0.3, 0.4) is 0 Å². The smallest absolute Gasteiger partial charge is 0.248 e. The summed E-state index contributed by atoms with van der Waals surface area (Å²) in [4.78, 5) is 20.3. The number of amides is 1. The maximum absolute atomic E-state index is 11.7. The van der Waals surface area contributed by atoms with E-state index in [0.29, 0.717) is 0 Å². The molecule has 126 valence electrons. The van der Waals surface area contributed by atoms with Gasteiger partial charge in [-0.15, -0.1) is 11.3 Å². The number of benzene rings is 1. The molecule has 6 heteroatoms. The third-order valence-electron chi connectivity index (χ3n) is 3.30. The predicted octanol–water partition coefficient (Wildman–Crippen LogP) is 4.85. The van der Waals surface area contributed by atoms with Gasteiger partial charge in [0.05, 0.1) is 5.69 Å². The molecule has 0 atom stereocenters. The summed E-state index contributed by atoms with van der Waals surface area (Å²) in [6.07, 6.45) is 5.08. The molecule has 2 heterocycles. The molecule has 0 saturated heterocycles. The fourth-order valence-electron chi connectivity index (χ4n) is 2.19. The van der Waals surface area contributed by atoms with Crippen molar-refractivity contribution in [3.8, 4) is 11.3 Å². The lowest BCUT2D eigenvalue weighted by Gasteiger charge is -2.06. The molecule has 0 fully saturated rings. The minimum atomic E-state index is -0.123. The number of anilines is 3. The van der Waals surface area contributed by atoms with E-state index < -0.39 is 0 Å². The van der Waals surface area contributed by atoms with Gasteiger partial charge in [0.25, 0.3) is 0 Å². The highest BCUT2D eigenvalue weighted by Gasteiger charge is 2.05. The molecule has 2 aromatic heterocycles. The summed E-state index contributed by atoms with van der Waals surface area (Å²) < 4.78 is 0. The number of carbonyl (C=O) groups is 1. The average Bonchev–Trinajstić information content (AvgIpc) is 3.05. The van der Waals surface area contributed by atoms with Gasteiger partial charge in [-0.05, 0) is 50.2 Å². The zero-order valence-corrected chi connectivity index (χ0v) is 14.8. The number of aromatic nitrogens is 2. The van der Waals surface area contributed by atoms with Crippen molar-refractivity contribution in [1.82, 2.24) is 9.97 Å². The summed E-state index contributed by atoms with van der Waals surface area (Å²) in [5.41, 5.74) is 4.59. The van der Waals surface area contributed by atoms with Gasteiger partial charge in [0.1, 0.15) is 0 Å². The summed E-state index contributed by atoms with van der Waals surface area (Å²) in [5.74, 6) is -0.123. The molecule has 25 heavy (non-hydrogen) atoms. The SMILES string of the molecule is CC(C)=CC(=O)Nc1ccc(Nc2nc(-c3ccncc3)cs2)cc1. The topological polar surface area (TPSA) is 66.9 Å². The number of rotatable bonds is 5. The Hall–Kier alpha value is -2.99. The maximum Gasteiger partial charge on any atom is 0.248 e. The molecular weight excluding hydrogens is 332 g/mol. The number of carbonyl (C=O) groups excluding carboxylic acids is 1. The normalized spacial score (nSPS) is 10.2. The Kier molecular flexibility index (Phi) is 5.20. The molecule has 0 aliphatic rings. The van der Waals surface area contributed by atoms with Gasteiger partial charge in [0.2, 0.25) is 5.91 Å². The van der Waals surface area contributed by atoms with Crippen LogP contribution in [-0.2, 0) is 4.79 Å². The lowest BCUT2D eigenvalue weighted by Crippen LogP contribution is -2.08. The van der Waals surface area contributed by atoms with Crippen LogP contribution in [0.25, 0.3) is 11.3 Å². The fraction of sp³-hybridized carbons (Fsp3) is 0.105. The van der Waals surface area contributed by atoms with Crippen LogP contribution in [-0.4, -0.2) is 15.9 Å². The molecular formula is C19H18N4OS. The second-order valence-corrected chi connectivity index (χ2v) is 6.55. The highest BCUT2D eigenvalue weighted by Crippen LogP contribution is 2.27. The molecule has 1 aromatic carbocycles. The van der Waals surface area contributed by atoms with Gasteiger partial charge >= 0.3 is 0 Å². The van der Waals surface area contributed by atoms with E-state index in [1.165, 1.54) is 0 Å². The Morgan fingerprint density at radius 1 is 1.04 bits per heavy atom. The monoisotopic (exact) mass is 350 g/mol. The van der Waals surface area contributed by atoms with E-state index >= 15 is 0 Å². The van der Waals surface area contributed by atoms with Gasteiger partial charge in [0, 0.05) is 40.8 Å². The van der Waals surface area contributed by atoms with Crippen LogP contribution in [0.5, 0.6) is 0 Å². The molecule has 0 saturated carbocycles. The number of thiazole rings is 1. The molecule has 0 aliphatic heterocycles. The van der Waals surface area contributed by atoms with Crippen LogP contribution < -0.4 is 10.6 Å². The minimum Gasteiger partial charge on any atom is -0.332 e. The molecule has 0 bridgehead atoms. The van der Waals surface area contributed by atoms with Crippen LogP contribution in [0, 0.1) is 0 Å². The zero-order valence-electron chi connectivity index (χ0n) is 14.0. The summed E-state index contributed by atoms with van der Waals surface area (Å²) >= 11 is 1.54. The first-order valence-electron chi connectivity index (χ1n) is 7.79. The van der Waals surface area contributed by atoms with E-state index in [9.17, 15) is 4.79 Å². The predicted molar refractivity (Wildman–Crippen MR) is 103 cm³/mol. The van der Waals surface area contributed by atoms with E-state index in [1.807, 2.05) is 55.6 Å². The Balaban J connectivity index is 1.65. The van der Waals surface area contributed by atoms with E-state index in [1.54, 1.807) is 29.8 Å². The Morgan fingerprint density at radius 3 is 2.40 bits per heavy atom. The zero-order chi connectivity index (χ0) is 17.6. The number of hydrogen-bond donors (Lipinski definition) is 2. The first kappa shape index (κ1) is 16.9. The van der Waals surface area contributed by atoms with Gasteiger partial charge in [-0.3, -0.25) is 9.78 Å². The van der Waals surface area contributed by atoms with Gasteiger partial charge in [-0.25, -0.2) is 4.98 Å². The van der Waals surface area contributed by atoms with Gasteiger partial charge < -0.3 is 10.6 Å². The maximum atomic E-state index is 11.7. The van der Waals surface area contributed by atoms with Crippen LogP contribution in [0.4, 0.5) is 16.5 Å². The van der Waals surface area contributed by atoms with Crippen LogP contribution in [0.1, 0.15) is 13.8 Å². The molecule has 3 rings (SSSR count). The summed E-state index contributed by atoms with van der Waals surface area (Å²) in [7, 11) is 0. The van der Waals surface area contributed by atoms with Crippen molar-refractivity contribution in [2.75, 3.05) is 10.6 Å². The lowest BCUT2D eigenvalue weighted by molar-refractivity contribution is -0.111. The molecule has 0 aliphatic carbocycles. The van der Waals surface area contributed by atoms with Crippen LogP contribution >= 0.6 is 11.3 Å². The first-order valence-corrected chi connectivity index (χ1v) is 8.67. The average molecular weight is 350 g/mol. The van der Waals surface area contributed by atoms with Crippen molar-refractivity contribution in [2.45, 2.75) is 13.8 Å². The van der Waals surface area contributed by atoms with E-state index in [2.05, 4.69) is 20.6 Å². The molecule has 0 spiro atoms. The molecule has 0 radical (unpaired) electrons. The summed E-state index contributed by atoms with van der Waals surface area (Å²) in [6, 6.07) is 11.4. The number of pyridine rings is 1. The van der Waals surface area contributed by atoms with Crippen molar-refractivity contribution in [1.29, 1.82) is 0 Å². The number of nitrogens with zero attached hydrogens (tertiary/aromatic N) is 2. The second-order valence-electron chi connectivity index (χ2n) is 5.69. The Morgan fingerprint density at radius 2 is 1.72 bits per heavy atom. The van der Waals surface area contributed by atoms with E-state index in [0.717, 1.165) is 33.3 Å². The molecule has 1 amide bonds. The van der Waals surface area contributed by atoms with Crippen molar-refractivity contribution in [3.63, 3.8) is 0 Å². The Labute approximate surface area is 150 Å². The van der Waals surface area contributed by atoms with Crippen molar-refractivity contribution < 1.29 is 4.79 Å². The van der Waals surface area contributed by atoms with Crippen molar-refractivity contribution in [2.24, 2.45) is 0 Å². The van der Waals surface area contributed by atoms with E-state index in [-0.39, 0.29) is 5.91 Å². The second kappa shape index (κ2) is 7.72. The number of nitrogens with one attached hydrogen (secondary N) is 2.